The highest BCUT2D eigenvalue weighted by molar-refractivity contribution is 9.10. The molecular formula is C14H18BrN3O. The molecule has 2 rings (SSSR count). The van der Waals surface area contributed by atoms with E-state index < -0.39 is 0 Å². The molecule has 0 saturated heterocycles. The van der Waals surface area contributed by atoms with Crippen molar-refractivity contribution in [2.24, 2.45) is 0 Å². The number of ether oxygens (including phenoxy) is 1. The van der Waals surface area contributed by atoms with Gasteiger partial charge in [0.05, 0.1) is 21.5 Å². The molecule has 102 valence electrons. The average molecular weight is 324 g/mol. The van der Waals surface area contributed by atoms with Gasteiger partial charge in [-0.3, -0.25) is 4.68 Å². The second-order valence-electron chi connectivity index (χ2n) is 4.44. The van der Waals surface area contributed by atoms with Gasteiger partial charge in [0.15, 0.2) is 0 Å². The monoisotopic (exact) mass is 323 g/mol. The van der Waals surface area contributed by atoms with E-state index in [1.807, 2.05) is 36.7 Å². The zero-order chi connectivity index (χ0) is 14.0. The number of halogens is 1. The normalized spacial score (nSPS) is 10.7. The van der Waals surface area contributed by atoms with Crippen molar-refractivity contribution < 1.29 is 4.74 Å². The predicted octanol–water partition coefficient (Wildman–Crippen LogP) is 3.44. The number of hydrogen-bond acceptors (Lipinski definition) is 3. The van der Waals surface area contributed by atoms with Gasteiger partial charge in [0.25, 0.3) is 0 Å². The van der Waals surface area contributed by atoms with Crippen molar-refractivity contribution in [2.75, 3.05) is 5.73 Å². The summed E-state index contributed by atoms with van der Waals surface area (Å²) in [6.07, 6.45) is 0. The first kappa shape index (κ1) is 13.9. The Balaban J connectivity index is 2.21. The van der Waals surface area contributed by atoms with E-state index in [2.05, 4.69) is 28.0 Å². The number of benzene rings is 1. The number of nitrogens with zero attached hydrogens (tertiary/aromatic N) is 2. The Bertz CT molecular complexity index is 593. The third kappa shape index (κ3) is 2.76. The van der Waals surface area contributed by atoms with Crippen molar-refractivity contribution in [2.45, 2.75) is 33.9 Å². The van der Waals surface area contributed by atoms with Gasteiger partial charge in [0.1, 0.15) is 12.4 Å². The van der Waals surface area contributed by atoms with Gasteiger partial charge in [-0.1, -0.05) is 12.1 Å². The number of aryl methyl sites for hydroxylation is 3. The first-order valence-electron chi connectivity index (χ1n) is 6.24. The minimum atomic E-state index is 0.447. The number of aromatic nitrogens is 2. The smallest absolute Gasteiger partial charge is 0.143 e. The number of anilines is 1. The summed E-state index contributed by atoms with van der Waals surface area (Å²) in [6, 6.07) is 5.80. The number of hydrogen-bond donors (Lipinski definition) is 1. The Morgan fingerprint density at radius 1 is 1.37 bits per heavy atom. The van der Waals surface area contributed by atoms with Crippen LogP contribution in [0, 0.1) is 13.8 Å². The molecule has 0 aliphatic heterocycles. The van der Waals surface area contributed by atoms with Crippen LogP contribution in [0.15, 0.2) is 22.7 Å². The Hall–Kier alpha value is -1.49. The van der Waals surface area contributed by atoms with Crippen LogP contribution in [-0.2, 0) is 13.2 Å². The van der Waals surface area contributed by atoms with Crippen LogP contribution in [0.1, 0.15) is 23.9 Å². The van der Waals surface area contributed by atoms with Crippen LogP contribution in [0.3, 0.4) is 0 Å². The lowest BCUT2D eigenvalue weighted by molar-refractivity contribution is 0.293. The third-order valence-electron chi connectivity index (χ3n) is 3.10. The lowest BCUT2D eigenvalue weighted by Crippen LogP contribution is -2.07. The molecule has 5 heteroatoms. The largest absolute Gasteiger partial charge is 0.485 e. The van der Waals surface area contributed by atoms with E-state index in [-0.39, 0.29) is 0 Å². The molecule has 0 bridgehead atoms. The molecule has 1 heterocycles. The second-order valence-corrected chi connectivity index (χ2v) is 5.23. The molecule has 0 aliphatic rings. The molecule has 0 fully saturated rings. The molecule has 1 aromatic carbocycles. The number of nitrogen functional groups attached to an aromatic ring is 1. The van der Waals surface area contributed by atoms with E-state index in [0.717, 1.165) is 28.0 Å². The van der Waals surface area contributed by atoms with Crippen LogP contribution in [0.5, 0.6) is 5.75 Å². The van der Waals surface area contributed by atoms with Gasteiger partial charge in [-0.2, -0.15) is 5.10 Å². The SMILES string of the molecule is CCn1nc(C)c(Br)c1COc1cccc(C)c1N. The van der Waals surface area contributed by atoms with E-state index in [0.29, 0.717) is 18.0 Å². The van der Waals surface area contributed by atoms with Crippen LogP contribution in [0.25, 0.3) is 0 Å². The molecule has 0 spiro atoms. The molecule has 2 aromatic rings. The number of nitrogens with two attached hydrogens (primary N) is 1. The van der Waals surface area contributed by atoms with Gasteiger partial charge in [-0.05, 0) is 48.3 Å². The Morgan fingerprint density at radius 2 is 2.11 bits per heavy atom. The molecule has 2 N–H and O–H groups in total. The Morgan fingerprint density at radius 3 is 2.79 bits per heavy atom. The summed E-state index contributed by atoms with van der Waals surface area (Å²) in [5, 5.41) is 4.44. The lowest BCUT2D eigenvalue weighted by atomic mass is 10.2. The number of para-hydroxylation sites is 1. The zero-order valence-electron chi connectivity index (χ0n) is 11.4. The van der Waals surface area contributed by atoms with Crippen LogP contribution < -0.4 is 10.5 Å². The molecular weight excluding hydrogens is 306 g/mol. The standard InChI is InChI=1S/C14H18BrN3O/c1-4-18-11(13(15)10(3)17-18)8-19-12-7-5-6-9(2)14(12)16/h5-7H,4,8,16H2,1-3H3. The zero-order valence-corrected chi connectivity index (χ0v) is 13.0. The molecule has 0 aliphatic carbocycles. The molecule has 19 heavy (non-hydrogen) atoms. The van der Waals surface area contributed by atoms with E-state index in [4.69, 9.17) is 10.5 Å². The molecule has 0 radical (unpaired) electrons. The predicted molar refractivity (Wildman–Crippen MR) is 80.3 cm³/mol. The van der Waals surface area contributed by atoms with Gasteiger partial charge >= 0.3 is 0 Å². The van der Waals surface area contributed by atoms with Gasteiger partial charge in [0, 0.05) is 6.54 Å². The van der Waals surface area contributed by atoms with Crippen LogP contribution in [0.2, 0.25) is 0 Å². The van der Waals surface area contributed by atoms with Crippen molar-refractivity contribution in [3.8, 4) is 5.75 Å². The maximum absolute atomic E-state index is 6.00. The first-order valence-corrected chi connectivity index (χ1v) is 7.03. The van der Waals surface area contributed by atoms with Crippen molar-refractivity contribution >= 4 is 21.6 Å². The second kappa shape index (κ2) is 5.65. The molecule has 0 atom stereocenters. The maximum atomic E-state index is 6.00. The van der Waals surface area contributed by atoms with Gasteiger partial charge < -0.3 is 10.5 Å². The third-order valence-corrected chi connectivity index (χ3v) is 4.13. The molecule has 1 aromatic heterocycles. The van der Waals surface area contributed by atoms with Crippen LogP contribution in [0.4, 0.5) is 5.69 Å². The van der Waals surface area contributed by atoms with Gasteiger partial charge in [-0.25, -0.2) is 0 Å². The van der Waals surface area contributed by atoms with Gasteiger partial charge in [0.2, 0.25) is 0 Å². The fourth-order valence-electron chi connectivity index (χ4n) is 1.93. The van der Waals surface area contributed by atoms with Crippen molar-refractivity contribution in [1.82, 2.24) is 9.78 Å². The lowest BCUT2D eigenvalue weighted by Gasteiger charge is -2.11. The molecule has 0 amide bonds. The summed E-state index contributed by atoms with van der Waals surface area (Å²) in [5.74, 6) is 0.716. The minimum Gasteiger partial charge on any atom is -0.485 e. The van der Waals surface area contributed by atoms with E-state index in [9.17, 15) is 0 Å². The van der Waals surface area contributed by atoms with Crippen molar-refractivity contribution in [1.29, 1.82) is 0 Å². The summed E-state index contributed by atoms with van der Waals surface area (Å²) in [6.45, 7) is 7.26. The van der Waals surface area contributed by atoms with E-state index >= 15 is 0 Å². The Kier molecular flexibility index (Phi) is 4.14. The van der Waals surface area contributed by atoms with Crippen LogP contribution >= 0.6 is 15.9 Å². The number of rotatable bonds is 4. The van der Waals surface area contributed by atoms with E-state index in [1.54, 1.807) is 0 Å². The maximum Gasteiger partial charge on any atom is 0.143 e. The summed E-state index contributed by atoms with van der Waals surface area (Å²) in [7, 11) is 0. The fourth-order valence-corrected chi connectivity index (χ4v) is 2.33. The average Bonchev–Trinajstić information content (AvgIpc) is 2.67. The highest BCUT2D eigenvalue weighted by Crippen LogP contribution is 2.27. The fraction of sp³-hybridized carbons (Fsp3) is 0.357. The molecule has 0 saturated carbocycles. The van der Waals surface area contributed by atoms with Crippen LogP contribution in [-0.4, -0.2) is 9.78 Å². The summed E-state index contributed by atoms with van der Waals surface area (Å²) < 4.78 is 8.76. The minimum absolute atomic E-state index is 0.447. The summed E-state index contributed by atoms with van der Waals surface area (Å²) in [5.41, 5.74) is 9.72. The van der Waals surface area contributed by atoms with Crippen molar-refractivity contribution in [3.63, 3.8) is 0 Å². The topological polar surface area (TPSA) is 53.1 Å². The van der Waals surface area contributed by atoms with Gasteiger partial charge in [-0.15, -0.1) is 0 Å². The van der Waals surface area contributed by atoms with Crippen molar-refractivity contribution in [3.05, 3.63) is 39.6 Å². The summed E-state index contributed by atoms with van der Waals surface area (Å²) >= 11 is 3.55. The molecule has 0 unspecified atom stereocenters. The highest BCUT2D eigenvalue weighted by atomic mass is 79.9. The highest BCUT2D eigenvalue weighted by Gasteiger charge is 2.13. The quantitative estimate of drug-likeness (QED) is 0.877. The Labute approximate surface area is 121 Å². The first-order chi connectivity index (χ1) is 9.04. The molecule has 4 nitrogen and oxygen atoms in total. The van der Waals surface area contributed by atoms with E-state index in [1.165, 1.54) is 0 Å². The summed E-state index contributed by atoms with van der Waals surface area (Å²) in [4.78, 5) is 0.